The Hall–Kier alpha value is -3.00. The molecule has 2 saturated heterocycles. The van der Waals surface area contributed by atoms with E-state index >= 15 is 0 Å². The molecule has 1 aromatic heterocycles. The van der Waals surface area contributed by atoms with Crippen LogP contribution in [0.25, 0.3) is 0 Å². The maximum Gasteiger partial charge on any atom is 0.407 e. The molecule has 3 heterocycles. The van der Waals surface area contributed by atoms with Crippen molar-refractivity contribution in [3.63, 3.8) is 0 Å². The van der Waals surface area contributed by atoms with Crippen LogP contribution in [0.5, 0.6) is 0 Å². The summed E-state index contributed by atoms with van der Waals surface area (Å²) < 4.78 is 0. The minimum atomic E-state index is -0.847. The van der Waals surface area contributed by atoms with E-state index in [1.165, 1.54) is 10.5 Å². The Morgan fingerprint density at radius 1 is 1.14 bits per heavy atom. The average molecular weight is 395 g/mol. The van der Waals surface area contributed by atoms with Crippen LogP contribution in [0.15, 0.2) is 36.5 Å². The highest BCUT2D eigenvalue weighted by Gasteiger charge is 2.32. The molecule has 0 radical (unpaired) electrons. The Kier molecular flexibility index (Phi) is 5.44. The molecule has 8 nitrogen and oxygen atoms in total. The number of nitrogens with one attached hydrogen (secondary N) is 1. The van der Waals surface area contributed by atoms with E-state index in [0.717, 1.165) is 24.2 Å². The van der Waals surface area contributed by atoms with Gasteiger partial charge in [-0.05, 0) is 49.4 Å². The van der Waals surface area contributed by atoms with Gasteiger partial charge in [0, 0.05) is 31.9 Å². The number of rotatable bonds is 4. The van der Waals surface area contributed by atoms with Crippen molar-refractivity contribution in [3.8, 4) is 0 Å². The van der Waals surface area contributed by atoms with Gasteiger partial charge in [0.05, 0.1) is 23.5 Å². The van der Waals surface area contributed by atoms with Gasteiger partial charge in [-0.25, -0.2) is 4.79 Å². The summed E-state index contributed by atoms with van der Waals surface area (Å²) in [5.74, 6) is 0.355. The van der Waals surface area contributed by atoms with Gasteiger partial charge in [0.25, 0.3) is 0 Å². The second-order valence-corrected chi connectivity index (χ2v) is 7.67. The molecule has 2 aliphatic rings. The normalized spacial score (nSPS) is 17.6. The number of amides is 2. The zero-order chi connectivity index (χ0) is 20.4. The number of anilines is 2. The molecule has 0 atom stereocenters. The SMILES string of the molecule is Cc1nnccc1N(C(=O)C1CNC1)c1ccc(C2CCN(C(=O)O)CC2)cc1. The molecule has 8 heteroatoms. The summed E-state index contributed by atoms with van der Waals surface area (Å²) in [6.45, 7) is 4.35. The first-order valence-electron chi connectivity index (χ1n) is 9.95. The Bertz CT molecular complexity index is 889. The minimum absolute atomic E-state index is 0.0393. The number of likely N-dealkylation sites (tertiary alicyclic amines) is 1. The Balaban J connectivity index is 1.57. The van der Waals surface area contributed by atoms with Crippen LogP contribution in [0.3, 0.4) is 0 Å². The van der Waals surface area contributed by atoms with Crippen molar-refractivity contribution in [1.29, 1.82) is 0 Å². The standard InChI is InChI=1S/C21H25N5O3/c1-14-19(6-9-23-24-14)26(20(27)17-12-22-13-17)18-4-2-15(3-5-18)16-7-10-25(11-8-16)21(28)29/h2-6,9,16-17,22H,7-8,10-13H2,1H3,(H,28,29). The van der Waals surface area contributed by atoms with Gasteiger partial charge >= 0.3 is 6.09 Å². The molecule has 0 bridgehead atoms. The van der Waals surface area contributed by atoms with E-state index in [9.17, 15) is 9.59 Å². The van der Waals surface area contributed by atoms with Gasteiger partial charge in [0.15, 0.2) is 0 Å². The van der Waals surface area contributed by atoms with Crippen LogP contribution in [-0.2, 0) is 4.79 Å². The highest BCUT2D eigenvalue weighted by Crippen LogP contribution is 2.33. The molecule has 0 unspecified atom stereocenters. The van der Waals surface area contributed by atoms with Crippen molar-refractivity contribution in [2.24, 2.45) is 5.92 Å². The molecule has 2 amide bonds. The molecule has 2 N–H and O–H groups in total. The molecular weight excluding hydrogens is 370 g/mol. The molecule has 2 aliphatic heterocycles. The number of aryl methyl sites for hydroxylation is 1. The molecule has 152 valence electrons. The highest BCUT2D eigenvalue weighted by molar-refractivity contribution is 6.02. The van der Waals surface area contributed by atoms with Gasteiger partial charge in [-0.15, -0.1) is 0 Å². The van der Waals surface area contributed by atoms with Crippen molar-refractivity contribution < 1.29 is 14.7 Å². The van der Waals surface area contributed by atoms with E-state index < -0.39 is 6.09 Å². The number of piperidine rings is 1. The number of hydrogen-bond acceptors (Lipinski definition) is 5. The van der Waals surface area contributed by atoms with Crippen LogP contribution in [-0.4, -0.2) is 58.4 Å². The van der Waals surface area contributed by atoms with Crippen molar-refractivity contribution in [2.75, 3.05) is 31.1 Å². The second kappa shape index (κ2) is 8.16. The maximum absolute atomic E-state index is 13.1. The molecule has 29 heavy (non-hydrogen) atoms. The smallest absolute Gasteiger partial charge is 0.407 e. The summed E-state index contributed by atoms with van der Waals surface area (Å²) in [5, 5.41) is 20.3. The zero-order valence-corrected chi connectivity index (χ0v) is 16.4. The van der Waals surface area contributed by atoms with Crippen LogP contribution >= 0.6 is 0 Å². The third-order valence-electron chi connectivity index (χ3n) is 5.86. The topological polar surface area (TPSA) is 98.7 Å². The Labute approximate surface area is 169 Å². The molecule has 0 spiro atoms. The van der Waals surface area contributed by atoms with Crippen molar-refractivity contribution in [3.05, 3.63) is 47.8 Å². The summed E-state index contributed by atoms with van der Waals surface area (Å²) >= 11 is 0. The van der Waals surface area contributed by atoms with E-state index in [4.69, 9.17) is 5.11 Å². The van der Waals surface area contributed by atoms with E-state index in [1.54, 1.807) is 11.1 Å². The van der Waals surface area contributed by atoms with Gasteiger partial charge in [-0.2, -0.15) is 10.2 Å². The minimum Gasteiger partial charge on any atom is -0.465 e. The summed E-state index contributed by atoms with van der Waals surface area (Å²) in [4.78, 5) is 27.5. The first-order valence-corrected chi connectivity index (χ1v) is 9.95. The molecule has 2 aromatic rings. The fourth-order valence-electron chi connectivity index (χ4n) is 3.96. The molecular formula is C21H25N5O3. The second-order valence-electron chi connectivity index (χ2n) is 7.67. The lowest BCUT2D eigenvalue weighted by Crippen LogP contribution is -2.51. The lowest BCUT2D eigenvalue weighted by atomic mass is 9.89. The monoisotopic (exact) mass is 395 g/mol. The zero-order valence-electron chi connectivity index (χ0n) is 16.4. The fraction of sp³-hybridized carbons (Fsp3) is 0.429. The number of hydrogen-bond donors (Lipinski definition) is 2. The third-order valence-corrected chi connectivity index (χ3v) is 5.86. The summed E-state index contributed by atoms with van der Waals surface area (Å²) in [7, 11) is 0. The van der Waals surface area contributed by atoms with Crippen molar-refractivity contribution >= 4 is 23.4 Å². The van der Waals surface area contributed by atoms with Crippen LogP contribution in [0.2, 0.25) is 0 Å². The van der Waals surface area contributed by atoms with Gasteiger partial charge in [0.2, 0.25) is 5.91 Å². The van der Waals surface area contributed by atoms with Crippen molar-refractivity contribution in [1.82, 2.24) is 20.4 Å². The Morgan fingerprint density at radius 2 is 1.83 bits per heavy atom. The fourth-order valence-corrected chi connectivity index (χ4v) is 3.96. The Morgan fingerprint density at radius 3 is 2.38 bits per heavy atom. The third kappa shape index (κ3) is 3.93. The van der Waals surface area contributed by atoms with Gasteiger partial charge in [0.1, 0.15) is 0 Å². The predicted molar refractivity (Wildman–Crippen MR) is 108 cm³/mol. The summed E-state index contributed by atoms with van der Waals surface area (Å²) in [6.07, 6.45) is 2.39. The van der Waals surface area contributed by atoms with E-state index in [-0.39, 0.29) is 11.8 Å². The number of carboxylic acid groups (broad SMARTS) is 1. The van der Waals surface area contributed by atoms with Crippen LogP contribution < -0.4 is 10.2 Å². The predicted octanol–water partition coefficient (Wildman–Crippen LogP) is 2.53. The number of benzene rings is 1. The van der Waals surface area contributed by atoms with Crippen LogP contribution in [0.4, 0.5) is 16.2 Å². The molecule has 1 aromatic carbocycles. The number of aromatic nitrogens is 2. The first-order chi connectivity index (χ1) is 14.0. The maximum atomic E-state index is 13.1. The largest absolute Gasteiger partial charge is 0.465 e. The van der Waals surface area contributed by atoms with Crippen LogP contribution in [0, 0.1) is 12.8 Å². The highest BCUT2D eigenvalue weighted by atomic mass is 16.4. The van der Waals surface area contributed by atoms with Crippen molar-refractivity contribution in [2.45, 2.75) is 25.7 Å². The average Bonchev–Trinajstić information content (AvgIpc) is 2.69. The molecule has 2 fully saturated rings. The molecule has 0 saturated carbocycles. The number of carbonyl (C=O) groups excluding carboxylic acids is 1. The first kappa shape index (κ1) is 19.3. The summed E-state index contributed by atoms with van der Waals surface area (Å²) in [6, 6.07) is 9.88. The summed E-state index contributed by atoms with van der Waals surface area (Å²) in [5.41, 5.74) is 3.45. The lowest BCUT2D eigenvalue weighted by molar-refractivity contribution is -0.123. The van der Waals surface area contributed by atoms with Crippen LogP contribution in [0.1, 0.15) is 30.0 Å². The molecule has 0 aliphatic carbocycles. The lowest BCUT2D eigenvalue weighted by Gasteiger charge is -2.33. The van der Waals surface area contributed by atoms with Gasteiger partial charge < -0.3 is 15.3 Å². The van der Waals surface area contributed by atoms with Gasteiger partial charge in [-0.3, -0.25) is 9.69 Å². The number of nitrogens with zero attached hydrogens (tertiary/aromatic N) is 4. The number of carbonyl (C=O) groups is 2. The quantitative estimate of drug-likeness (QED) is 0.825. The van der Waals surface area contributed by atoms with E-state index in [2.05, 4.69) is 27.6 Å². The van der Waals surface area contributed by atoms with Gasteiger partial charge in [-0.1, -0.05) is 12.1 Å². The van der Waals surface area contributed by atoms with E-state index in [1.807, 2.05) is 25.1 Å². The van der Waals surface area contributed by atoms with E-state index in [0.29, 0.717) is 37.8 Å². The molecule has 4 rings (SSSR count).